The van der Waals surface area contributed by atoms with Crippen molar-refractivity contribution in [3.05, 3.63) is 169 Å². The summed E-state index contributed by atoms with van der Waals surface area (Å²) in [6, 6.07) is 61.1. The summed E-state index contributed by atoms with van der Waals surface area (Å²) >= 11 is 1.36. The fourth-order valence-electron chi connectivity index (χ4n) is 8.59. The largest absolute Gasteiger partial charge is 0.272 e. The summed E-state index contributed by atoms with van der Waals surface area (Å²) in [5, 5.41) is 13.4. The zero-order valence-electron chi connectivity index (χ0n) is 26.7. The molecule has 0 spiro atoms. The van der Waals surface area contributed by atoms with Crippen LogP contribution in [0.2, 0.25) is 0 Å². The highest BCUT2D eigenvalue weighted by atomic mass is 32.2. The fourth-order valence-corrected chi connectivity index (χ4v) is 10.1. The van der Waals surface area contributed by atoms with E-state index < -0.39 is 0 Å². The van der Waals surface area contributed by atoms with Crippen molar-refractivity contribution in [1.82, 2.24) is 0 Å². The Morgan fingerprint density at radius 3 is 1.84 bits per heavy atom. The molecule has 9 aromatic rings. The summed E-state index contributed by atoms with van der Waals surface area (Å²) in [5.74, 6) is 0. The molecule has 11 rings (SSSR count). The summed E-state index contributed by atoms with van der Waals surface area (Å²) in [6.07, 6.45) is 0. The van der Waals surface area contributed by atoms with Gasteiger partial charge in [-0.05, 0) is 106 Å². The van der Waals surface area contributed by atoms with E-state index in [0.717, 1.165) is 0 Å². The average molecular weight is 642 g/mol. The Bertz CT molecular complexity index is 2800. The molecule has 0 aromatic heterocycles. The summed E-state index contributed by atoms with van der Waals surface area (Å²) in [6.45, 7) is 0. The molecular formula is C47H31NS+2. The van der Waals surface area contributed by atoms with Crippen LogP contribution in [0.1, 0.15) is 10.9 Å². The van der Waals surface area contributed by atoms with Crippen LogP contribution in [0, 0.1) is 0 Å². The maximum Gasteiger partial charge on any atom is 0.272 e. The highest BCUT2D eigenvalue weighted by Gasteiger charge is 2.38. The highest BCUT2D eigenvalue weighted by Crippen LogP contribution is 2.50. The van der Waals surface area contributed by atoms with Crippen LogP contribution < -0.4 is 5.32 Å². The number of nitrogens with two attached hydrogens (primary N) is 1. The Labute approximate surface area is 288 Å². The van der Waals surface area contributed by atoms with Crippen LogP contribution in [0.3, 0.4) is 0 Å². The predicted molar refractivity (Wildman–Crippen MR) is 210 cm³/mol. The molecule has 0 radical (unpaired) electrons. The van der Waals surface area contributed by atoms with Crippen LogP contribution in [0.25, 0.3) is 87.6 Å². The second-order valence-corrected chi connectivity index (χ2v) is 14.7. The van der Waals surface area contributed by atoms with Gasteiger partial charge in [0.1, 0.15) is 0 Å². The van der Waals surface area contributed by atoms with Crippen molar-refractivity contribution in [2.24, 2.45) is 0 Å². The molecule has 1 nitrogen and oxygen atoms in total. The number of hydrogen-bond acceptors (Lipinski definition) is 0. The van der Waals surface area contributed by atoms with Gasteiger partial charge in [0.05, 0.1) is 22.7 Å². The van der Waals surface area contributed by atoms with Gasteiger partial charge < -0.3 is 0 Å². The Balaban J connectivity index is 1.05. The molecule has 2 N–H and O–H groups in total. The molecule has 0 fully saturated rings. The van der Waals surface area contributed by atoms with E-state index in [1.807, 2.05) is 0 Å². The number of benzene rings is 9. The SMILES string of the molecule is c1ccc(C2[NH2+]c3ccc4ccc5cc(-c6ccc(-c7ccc8c9c(cccc79)-c7ccccc7-8)c7ccccc67)ccc5c4c3[SH+]2)cc1. The standard InChI is InChI=1S/C47H29NS/c1-2-9-29(10-3-1)47-48-43-26-20-28-17-18-31-27-30(19-21-33(31)44(28)46(43)49-47)32-22-23-38(35-12-5-4-11-34(32)35)39-24-25-42-37-14-7-6-13-36(37)40-15-8-16-41(39)45(40)42/h1-27,47-48H/p+2. The smallest absolute Gasteiger partial charge is 0.261 e. The maximum absolute atomic E-state index is 2.45. The van der Waals surface area contributed by atoms with Gasteiger partial charge in [-0.15, -0.1) is 0 Å². The molecule has 0 amide bonds. The first-order valence-electron chi connectivity index (χ1n) is 17.1. The molecule has 1 atom stereocenters. The van der Waals surface area contributed by atoms with Crippen molar-refractivity contribution in [3.63, 3.8) is 0 Å². The number of thiol groups is 1. The lowest BCUT2D eigenvalue weighted by molar-refractivity contribution is -0.589. The van der Waals surface area contributed by atoms with Gasteiger partial charge in [0.25, 0.3) is 5.37 Å². The van der Waals surface area contributed by atoms with Crippen molar-refractivity contribution in [2.75, 3.05) is 0 Å². The highest BCUT2D eigenvalue weighted by molar-refractivity contribution is 7.79. The molecule has 1 heterocycles. The van der Waals surface area contributed by atoms with Crippen molar-refractivity contribution >= 4 is 60.5 Å². The van der Waals surface area contributed by atoms with Crippen molar-refractivity contribution < 1.29 is 5.32 Å². The third kappa shape index (κ3) is 3.99. The van der Waals surface area contributed by atoms with Crippen LogP contribution in [-0.4, -0.2) is 0 Å². The number of rotatable bonds is 3. The first kappa shape index (κ1) is 27.3. The van der Waals surface area contributed by atoms with Gasteiger partial charge in [-0.3, -0.25) is 5.32 Å². The van der Waals surface area contributed by atoms with Crippen molar-refractivity contribution in [1.29, 1.82) is 0 Å². The lowest BCUT2D eigenvalue weighted by atomic mass is 9.88. The lowest BCUT2D eigenvalue weighted by Crippen LogP contribution is -2.77. The van der Waals surface area contributed by atoms with Crippen molar-refractivity contribution in [3.8, 4) is 44.5 Å². The first-order chi connectivity index (χ1) is 24.3. The monoisotopic (exact) mass is 641 g/mol. The molecule has 2 aliphatic rings. The van der Waals surface area contributed by atoms with Crippen LogP contribution in [-0.2, 0) is 11.8 Å². The Hall–Kier alpha value is -5.67. The molecule has 9 aromatic carbocycles. The van der Waals surface area contributed by atoms with Crippen LogP contribution >= 0.6 is 0 Å². The minimum atomic E-state index is 0.398. The van der Waals surface area contributed by atoms with Crippen LogP contribution in [0.15, 0.2) is 169 Å². The normalized spacial score (nSPS) is 14.6. The predicted octanol–water partition coefficient (Wildman–Crippen LogP) is 11.4. The van der Waals surface area contributed by atoms with E-state index in [4.69, 9.17) is 0 Å². The van der Waals surface area contributed by atoms with E-state index in [9.17, 15) is 0 Å². The number of quaternary nitrogens is 1. The second kappa shape index (κ2) is 10.4. The Morgan fingerprint density at radius 2 is 1.00 bits per heavy atom. The summed E-state index contributed by atoms with van der Waals surface area (Å²) in [7, 11) is 0. The third-order valence-electron chi connectivity index (χ3n) is 10.8. The minimum Gasteiger partial charge on any atom is -0.261 e. The summed E-state index contributed by atoms with van der Waals surface area (Å²) in [5.41, 5.74) is 13.2. The van der Waals surface area contributed by atoms with Gasteiger partial charge in [0.2, 0.25) is 4.90 Å². The first-order valence-corrected chi connectivity index (χ1v) is 18.0. The minimum absolute atomic E-state index is 0.398. The quantitative estimate of drug-likeness (QED) is 0.0856. The molecule has 0 saturated carbocycles. The number of fused-ring (bicyclic) bond motifs is 9. The van der Waals surface area contributed by atoms with E-state index in [1.165, 1.54) is 116 Å². The van der Waals surface area contributed by atoms with E-state index in [-0.39, 0.29) is 0 Å². The fraction of sp³-hybridized carbons (Fsp3) is 0.0213. The van der Waals surface area contributed by atoms with E-state index >= 15 is 0 Å². The second-order valence-electron chi connectivity index (χ2n) is 13.4. The zero-order chi connectivity index (χ0) is 32.1. The molecule has 228 valence electrons. The lowest BCUT2D eigenvalue weighted by Gasteiger charge is -2.15. The topological polar surface area (TPSA) is 16.6 Å². The van der Waals surface area contributed by atoms with E-state index in [2.05, 4.69) is 169 Å². The van der Waals surface area contributed by atoms with Crippen LogP contribution in [0.5, 0.6) is 0 Å². The van der Waals surface area contributed by atoms with Gasteiger partial charge in [0, 0.05) is 6.07 Å². The molecule has 1 unspecified atom stereocenters. The zero-order valence-corrected chi connectivity index (χ0v) is 27.6. The molecule has 49 heavy (non-hydrogen) atoms. The maximum atomic E-state index is 2.45. The Kier molecular flexibility index (Phi) is 5.80. The average Bonchev–Trinajstić information content (AvgIpc) is 3.76. The Morgan fingerprint density at radius 1 is 0.388 bits per heavy atom. The van der Waals surface area contributed by atoms with Gasteiger partial charge in [-0.2, -0.15) is 0 Å². The van der Waals surface area contributed by atoms with Crippen molar-refractivity contribution in [2.45, 2.75) is 10.3 Å². The van der Waals surface area contributed by atoms with Gasteiger partial charge in [0.15, 0.2) is 5.69 Å². The van der Waals surface area contributed by atoms with Crippen LogP contribution in [0.4, 0.5) is 5.69 Å². The molecule has 0 saturated heterocycles. The molecule has 2 heteroatoms. The van der Waals surface area contributed by atoms with Gasteiger partial charge in [-0.25, -0.2) is 0 Å². The third-order valence-corrected chi connectivity index (χ3v) is 12.3. The molecule has 0 bridgehead atoms. The summed E-state index contributed by atoms with van der Waals surface area (Å²) in [4.78, 5) is 1.45. The van der Waals surface area contributed by atoms with Gasteiger partial charge in [-0.1, -0.05) is 133 Å². The molecule has 1 aliphatic heterocycles. The summed E-state index contributed by atoms with van der Waals surface area (Å²) < 4.78 is 0. The molecule has 1 aliphatic carbocycles. The number of hydrogen-bond donors (Lipinski definition) is 1. The molecular weight excluding hydrogens is 611 g/mol. The van der Waals surface area contributed by atoms with Gasteiger partial charge >= 0.3 is 0 Å². The van der Waals surface area contributed by atoms with E-state index in [1.54, 1.807) is 0 Å². The van der Waals surface area contributed by atoms with E-state index in [0.29, 0.717) is 5.37 Å².